The minimum Gasteiger partial charge on any atom is -0.376 e. The number of hydrogen-bond donors (Lipinski definition) is 1. The van der Waals surface area contributed by atoms with Crippen LogP contribution in [0.4, 0.5) is 0 Å². The van der Waals surface area contributed by atoms with Crippen LogP contribution in [-0.2, 0) is 16.0 Å². The zero-order valence-corrected chi connectivity index (χ0v) is 13.6. The molecule has 1 saturated heterocycles. The van der Waals surface area contributed by atoms with Gasteiger partial charge in [-0.3, -0.25) is 4.79 Å². The molecule has 1 aromatic heterocycles. The smallest absolute Gasteiger partial charge is 0.226 e. The molecule has 0 unspecified atom stereocenters. The highest BCUT2D eigenvalue weighted by molar-refractivity contribution is 7.13. The van der Waals surface area contributed by atoms with E-state index in [0.29, 0.717) is 11.6 Å². The van der Waals surface area contributed by atoms with Crippen LogP contribution in [0.25, 0.3) is 10.6 Å². The Bertz CT molecular complexity index is 653. The van der Waals surface area contributed by atoms with Gasteiger partial charge in [0.1, 0.15) is 5.01 Å². The number of thiazole rings is 1. The number of nitrogens with zero attached hydrogens (tertiary/aromatic N) is 1. The molecule has 22 heavy (non-hydrogen) atoms. The first-order valence-corrected chi connectivity index (χ1v) is 8.56. The molecule has 6 heteroatoms. The summed E-state index contributed by atoms with van der Waals surface area (Å²) in [6, 6.07) is 7.59. The Morgan fingerprint density at radius 1 is 1.45 bits per heavy atom. The van der Waals surface area contributed by atoms with Gasteiger partial charge < -0.3 is 10.1 Å². The van der Waals surface area contributed by atoms with Crippen molar-refractivity contribution in [2.45, 2.75) is 25.4 Å². The van der Waals surface area contributed by atoms with Crippen molar-refractivity contribution in [3.63, 3.8) is 0 Å². The Labute approximate surface area is 138 Å². The predicted molar refractivity (Wildman–Crippen MR) is 88.2 cm³/mol. The van der Waals surface area contributed by atoms with Crippen LogP contribution >= 0.6 is 22.9 Å². The number of halogens is 1. The molecule has 1 amide bonds. The van der Waals surface area contributed by atoms with Gasteiger partial charge in [0, 0.05) is 24.1 Å². The highest BCUT2D eigenvalue weighted by Crippen LogP contribution is 2.30. The van der Waals surface area contributed by atoms with Crippen LogP contribution < -0.4 is 5.32 Å². The number of ether oxygens (including phenoxy) is 1. The fourth-order valence-corrected chi connectivity index (χ4v) is 3.55. The largest absolute Gasteiger partial charge is 0.376 e. The van der Waals surface area contributed by atoms with E-state index in [9.17, 15) is 4.79 Å². The average molecular weight is 337 g/mol. The maximum Gasteiger partial charge on any atom is 0.226 e. The van der Waals surface area contributed by atoms with Gasteiger partial charge in [-0.15, -0.1) is 11.3 Å². The van der Waals surface area contributed by atoms with Gasteiger partial charge in [-0.05, 0) is 18.9 Å². The minimum absolute atomic E-state index is 0.0218. The highest BCUT2D eigenvalue weighted by atomic mass is 35.5. The molecule has 0 bridgehead atoms. The van der Waals surface area contributed by atoms with Crippen LogP contribution in [0.3, 0.4) is 0 Å². The van der Waals surface area contributed by atoms with E-state index < -0.39 is 0 Å². The monoisotopic (exact) mass is 336 g/mol. The van der Waals surface area contributed by atoms with E-state index >= 15 is 0 Å². The summed E-state index contributed by atoms with van der Waals surface area (Å²) >= 11 is 7.67. The lowest BCUT2D eigenvalue weighted by Crippen LogP contribution is -2.32. The van der Waals surface area contributed by atoms with E-state index in [0.717, 1.165) is 35.7 Å². The first-order valence-electron chi connectivity index (χ1n) is 7.30. The SMILES string of the molecule is O=C(Cc1csc(-c2ccccc2Cl)n1)NC[C@@H]1CCCO1. The van der Waals surface area contributed by atoms with Crippen molar-refractivity contribution in [3.05, 3.63) is 40.4 Å². The summed E-state index contributed by atoms with van der Waals surface area (Å²) < 4.78 is 5.49. The molecular formula is C16H17ClN2O2S. The number of amides is 1. The van der Waals surface area contributed by atoms with E-state index in [4.69, 9.17) is 16.3 Å². The van der Waals surface area contributed by atoms with Crippen molar-refractivity contribution in [3.8, 4) is 10.6 Å². The van der Waals surface area contributed by atoms with E-state index in [2.05, 4.69) is 10.3 Å². The molecule has 1 aromatic carbocycles. The molecule has 0 saturated carbocycles. The lowest BCUT2D eigenvalue weighted by molar-refractivity contribution is -0.121. The summed E-state index contributed by atoms with van der Waals surface area (Å²) in [5.41, 5.74) is 1.67. The fourth-order valence-electron chi connectivity index (χ4n) is 2.41. The molecule has 2 heterocycles. The predicted octanol–water partition coefficient (Wildman–Crippen LogP) is 3.30. The number of benzene rings is 1. The second-order valence-electron chi connectivity index (χ2n) is 5.24. The molecule has 1 aliphatic heterocycles. The Morgan fingerprint density at radius 3 is 3.09 bits per heavy atom. The van der Waals surface area contributed by atoms with Crippen LogP contribution in [0.2, 0.25) is 5.02 Å². The molecule has 1 atom stereocenters. The Morgan fingerprint density at radius 2 is 2.32 bits per heavy atom. The fraction of sp³-hybridized carbons (Fsp3) is 0.375. The standard InChI is InChI=1S/C16H17ClN2O2S/c17-14-6-2-1-5-13(14)16-19-11(10-22-16)8-15(20)18-9-12-4-3-7-21-12/h1-2,5-6,10,12H,3-4,7-9H2,(H,18,20)/t12-/m0/s1. The Kier molecular flexibility index (Phi) is 5.08. The number of carbonyl (C=O) groups excluding carboxylic acids is 1. The van der Waals surface area contributed by atoms with Crippen molar-refractivity contribution < 1.29 is 9.53 Å². The van der Waals surface area contributed by atoms with Crippen molar-refractivity contribution in [1.82, 2.24) is 10.3 Å². The summed E-state index contributed by atoms with van der Waals surface area (Å²) in [5, 5.41) is 6.33. The third-order valence-corrected chi connectivity index (χ3v) is 4.80. The second-order valence-corrected chi connectivity index (χ2v) is 6.51. The zero-order chi connectivity index (χ0) is 15.4. The Balaban J connectivity index is 1.57. The first-order chi connectivity index (χ1) is 10.7. The molecule has 4 nitrogen and oxygen atoms in total. The minimum atomic E-state index is -0.0218. The third kappa shape index (κ3) is 3.85. The van der Waals surface area contributed by atoms with Crippen LogP contribution in [0.15, 0.2) is 29.6 Å². The van der Waals surface area contributed by atoms with E-state index in [-0.39, 0.29) is 18.4 Å². The molecule has 0 aliphatic carbocycles. The van der Waals surface area contributed by atoms with Gasteiger partial charge >= 0.3 is 0 Å². The molecule has 1 N–H and O–H groups in total. The topological polar surface area (TPSA) is 51.2 Å². The van der Waals surface area contributed by atoms with Crippen LogP contribution in [0, 0.1) is 0 Å². The van der Waals surface area contributed by atoms with Crippen molar-refractivity contribution in [1.29, 1.82) is 0 Å². The molecule has 116 valence electrons. The molecule has 3 rings (SSSR count). The van der Waals surface area contributed by atoms with Gasteiger partial charge in [-0.1, -0.05) is 29.8 Å². The number of nitrogens with one attached hydrogen (secondary N) is 1. The van der Waals surface area contributed by atoms with Crippen LogP contribution in [-0.4, -0.2) is 30.1 Å². The summed E-state index contributed by atoms with van der Waals surface area (Å²) in [4.78, 5) is 16.5. The van der Waals surface area contributed by atoms with Gasteiger partial charge in [0.2, 0.25) is 5.91 Å². The van der Waals surface area contributed by atoms with Crippen molar-refractivity contribution in [2.75, 3.05) is 13.2 Å². The number of rotatable bonds is 5. The lowest BCUT2D eigenvalue weighted by atomic mass is 10.2. The van der Waals surface area contributed by atoms with E-state index in [1.165, 1.54) is 11.3 Å². The lowest BCUT2D eigenvalue weighted by Gasteiger charge is -2.09. The van der Waals surface area contributed by atoms with Gasteiger partial charge in [0.15, 0.2) is 0 Å². The summed E-state index contributed by atoms with van der Waals surface area (Å²) in [5.74, 6) is -0.0218. The van der Waals surface area contributed by atoms with Gasteiger partial charge in [0.05, 0.1) is 23.2 Å². The average Bonchev–Trinajstić information content (AvgIpc) is 3.17. The van der Waals surface area contributed by atoms with Crippen LogP contribution in [0.5, 0.6) is 0 Å². The van der Waals surface area contributed by atoms with E-state index in [1.54, 1.807) is 0 Å². The van der Waals surface area contributed by atoms with Gasteiger partial charge in [-0.2, -0.15) is 0 Å². The molecule has 2 aromatic rings. The summed E-state index contributed by atoms with van der Waals surface area (Å²) in [7, 11) is 0. The number of hydrogen-bond acceptors (Lipinski definition) is 4. The molecule has 0 spiro atoms. The third-order valence-electron chi connectivity index (χ3n) is 3.55. The van der Waals surface area contributed by atoms with Gasteiger partial charge in [-0.25, -0.2) is 4.98 Å². The molecule has 1 aliphatic rings. The van der Waals surface area contributed by atoms with Gasteiger partial charge in [0.25, 0.3) is 0 Å². The normalized spacial score (nSPS) is 17.6. The van der Waals surface area contributed by atoms with Crippen LogP contribution in [0.1, 0.15) is 18.5 Å². The summed E-state index contributed by atoms with van der Waals surface area (Å²) in [6.45, 7) is 1.38. The molecule has 1 fully saturated rings. The van der Waals surface area contributed by atoms with E-state index in [1.807, 2.05) is 29.6 Å². The maximum absolute atomic E-state index is 12.0. The Hall–Kier alpha value is -1.43. The van der Waals surface area contributed by atoms with Crippen molar-refractivity contribution in [2.24, 2.45) is 0 Å². The molecular weight excluding hydrogens is 320 g/mol. The highest BCUT2D eigenvalue weighted by Gasteiger charge is 2.17. The first kappa shape index (κ1) is 15.5. The summed E-state index contributed by atoms with van der Waals surface area (Å²) in [6.07, 6.45) is 2.55. The van der Waals surface area contributed by atoms with Crippen molar-refractivity contribution >= 4 is 28.8 Å². The zero-order valence-electron chi connectivity index (χ0n) is 12.0. The molecule has 0 radical (unpaired) electrons. The second kappa shape index (κ2) is 7.22. The number of aromatic nitrogens is 1. The maximum atomic E-state index is 12.0. The number of carbonyl (C=O) groups is 1. The quantitative estimate of drug-likeness (QED) is 0.911.